The van der Waals surface area contributed by atoms with E-state index in [4.69, 9.17) is 0 Å². The molecule has 0 aliphatic rings. The quantitative estimate of drug-likeness (QED) is 0.107. The van der Waals surface area contributed by atoms with Crippen LogP contribution in [0.4, 0.5) is 0 Å². The second-order valence-electron chi connectivity index (χ2n) is 9.31. The van der Waals surface area contributed by atoms with E-state index in [1.165, 1.54) is 28.3 Å². The SMILES string of the molecule is Cc1cc(C)cc(C(Pc2ccccc2S(=O)(=O)O)c2cc(C)cc(C)c2)c1.Cc1cccc(C)n1.[CH3-].[Pd]. The molecule has 3 aromatic carbocycles. The Morgan fingerprint density at radius 3 is 1.47 bits per heavy atom. The van der Waals surface area contributed by atoms with Crippen LogP contribution in [0, 0.1) is 49.0 Å². The Bertz CT molecular complexity index is 1360. The summed E-state index contributed by atoms with van der Waals surface area (Å²) < 4.78 is 33.4. The standard InChI is InChI=1S/C23H25O3PS.C7H9N.CH3.Pd/c1-15-9-16(2)12-19(11-15)23(20-13-17(3)10-18(4)14-20)27-21-7-5-6-8-22(21)28(24,25)26;1-6-4-3-5-7(2)8-6;;/h5-14,23,27H,1-4H3,(H,24,25,26);3-5H,1-2H3;1H3;/q;;-1;. The average molecular weight is 641 g/mol. The Morgan fingerprint density at radius 1 is 0.684 bits per heavy atom. The molecule has 0 saturated carbocycles. The molecular weight excluding hydrogens is 604 g/mol. The van der Waals surface area contributed by atoms with Gasteiger partial charge in [0.25, 0.3) is 10.1 Å². The van der Waals surface area contributed by atoms with Crippen molar-refractivity contribution in [3.05, 3.63) is 131 Å². The molecule has 38 heavy (non-hydrogen) atoms. The number of benzene rings is 3. The summed E-state index contributed by atoms with van der Waals surface area (Å²) in [6, 6.07) is 25.6. The second kappa shape index (κ2) is 14.8. The summed E-state index contributed by atoms with van der Waals surface area (Å²) in [6.45, 7) is 12.3. The van der Waals surface area contributed by atoms with Crippen molar-refractivity contribution in [1.82, 2.24) is 4.98 Å². The number of hydrogen-bond donors (Lipinski definition) is 1. The first-order valence-corrected chi connectivity index (χ1v) is 14.3. The van der Waals surface area contributed by atoms with Crippen molar-refractivity contribution < 1.29 is 33.4 Å². The molecule has 1 atom stereocenters. The third kappa shape index (κ3) is 9.84. The van der Waals surface area contributed by atoms with Crippen molar-refractivity contribution in [1.29, 1.82) is 0 Å². The number of aryl methyl sites for hydroxylation is 6. The molecule has 0 amide bonds. The van der Waals surface area contributed by atoms with E-state index < -0.39 is 10.1 Å². The second-order valence-corrected chi connectivity index (χ2v) is 12.1. The summed E-state index contributed by atoms with van der Waals surface area (Å²) in [5, 5.41) is 0.647. The predicted octanol–water partition coefficient (Wildman–Crippen LogP) is 7.41. The van der Waals surface area contributed by atoms with Crippen LogP contribution in [0.3, 0.4) is 0 Å². The van der Waals surface area contributed by atoms with E-state index >= 15 is 0 Å². The Kier molecular flexibility index (Phi) is 13.2. The molecule has 4 nitrogen and oxygen atoms in total. The average Bonchev–Trinajstić information content (AvgIpc) is 2.76. The van der Waals surface area contributed by atoms with Crippen LogP contribution in [-0.2, 0) is 30.5 Å². The fourth-order valence-electron chi connectivity index (χ4n) is 4.36. The van der Waals surface area contributed by atoms with E-state index in [1.54, 1.807) is 12.1 Å². The van der Waals surface area contributed by atoms with Crippen LogP contribution in [0.1, 0.15) is 50.4 Å². The van der Waals surface area contributed by atoms with Gasteiger partial charge in [0.15, 0.2) is 0 Å². The van der Waals surface area contributed by atoms with Gasteiger partial charge in [-0.1, -0.05) is 91.5 Å². The maximum atomic E-state index is 11.9. The zero-order valence-electron chi connectivity index (χ0n) is 23.0. The van der Waals surface area contributed by atoms with Gasteiger partial charge in [-0.25, -0.2) is 0 Å². The van der Waals surface area contributed by atoms with Gasteiger partial charge < -0.3 is 7.43 Å². The van der Waals surface area contributed by atoms with Gasteiger partial charge in [0, 0.05) is 37.5 Å². The van der Waals surface area contributed by atoms with E-state index in [-0.39, 0.29) is 47.0 Å². The number of hydrogen-bond acceptors (Lipinski definition) is 3. The minimum Gasteiger partial charge on any atom is -0.358 e. The molecule has 1 unspecified atom stereocenters. The van der Waals surface area contributed by atoms with Gasteiger partial charge in [0.2, 0.25) is 0 Å². The topological polar surface area (TPSA) is 67.3 Å². The molecule has 0 spiro atoms. The zero-order chi connectivity index (χ0) is 26.5. The summed E-state index contributed by atoms with van der Waals surface area (Å²) in [6.07, 6.45) is 0. The van der Waals surface area contributed by atoms with Gasteiger partial charge in [-0.05, 0) is 76.2 Å². The molecule has 0 aliphatic carbocycles. The van der Waals surface area contributed by atoms with Gasteiger partial charge >= 0.3 is 0 Å². The zero-order valence-corrected chi connectivity index (χ0v) is 26.4. The van der Waals surface area contributed by atoms with E-state index in [9.17, 15) is 13.0 Å². The summed E-state index contributed by atoms with van der Waals surface area (Å²) in [5.74, 6) is 0. The van der Waals surface area contributed by atoms with Crippen LogP contribution in [0.25, 0.3) is 0 Å². The molecule has 0 radical (unpaired) electrons. The minimum atomic E-state index is -4.27. The number of nitrogens with zero attached hydrogens (tertiary/aromatic N) is 1. The molecule has 1 aromatic heterocycles. The maximum absolute atomic E-state index is 11.9. The Morgan fingerprint density at radius 2 is 1.11 bits per heavy atom. The van der Waals surface area contributed by atoms with Crippen LogP contribution in [-0.4, -0.2) is 18.0 Å². The van der Waals surface area contributed by atoms with Crippen molar-refractivity contribution in [2.75, 3.05) is 0 Å². The van der Waals surface area contributed by atoms with E-state index in [0.717, 1.165) is 22.5 Å². The first kappa shape index (κ1) is 33.8. The first-order chi connectivity index (χ1) is 16.9. The number of aromatic nitrogens is 1. The number of rotatable bonds is 5. The third-order valence-electron chi connectivity index (χ3n) is 5.65. The summed E-state index contributed by atoms with van der Waals surface area (Å²) in [5.41, 5.74) is 9.22. The van der Waals surface area contributed by atoms with E-state index in [0.29, 0.717) is 5.30 Å². The van der Waals surface area contributed by atoms with Gasteiger partial charge in [-0.2, -0.15) is 8.42 Å². The molecule has 4 rings (SSSR count). The smallest absolute Gasteiger partial charge is 0.295 e. The van der Waals surface area contributed by atoms with E-state index in [1.807, 2.05) is 38.1 Å². The normalized spacial score (nSPS) is 10.9. The Balaban J connectivity index is 0.000000621. The van der Waals surface area contributed by atoms with E-state index in [2.05, 4.69) is 69.1 Å². The van der Waals surface area contributed by atoms with Crippen molar-refractivity contribution in [2.45, 2.75) is 52.1 Å². The van der Waals surface area contributed by atoms with Gasteiger partial charge in [-0.15, -0.1) is 0 Å². The van der Waals surface area contributed by atoms with Crippen molar-refractivity contribution in [3.8, 4) is 0 Å². The van der Waals surface area contributed by atoms with Gasteiger partial charge in [0.1, 0.15) is 4.90 Å². The van der Waals surface area contributed by atoms with Crippen molar-refractivity contribution in [3.63, 3.8) is 0 Å². The summed E-state index contributed by atoms with van der Waals surface area (Å²) >= 11 is 0. The van der Waals surface area contributed by atoms with Crippen LogP contribution in [0.5, 0.6) is 0 Å². The van der Waals surface area contributed by atoms with Crippen LogP contribution >= 0.6 is 8.58 Å². The molecule has 206 valence electrons. The Labute approximate surface area is 244 Å². The largest absolute Gasteiger partial charge is 0.358 e. The monoisotopic (exact) mass is 640 g/mol. The summed E-state index contributed by atoms with van der Waals surface area (Å²) in [7, 11) is -4.10. The van der Waals surface area contributed by atoms with Crippen LogP contribution < -0.4 is 5.30 Å². The van der Waals surface area contributed by atoms with Gasteiger partial charge in [0.05, 0.1) is 0 Å². The molecule has 0 aliphatic heterocycles. The molecule has 1 heterocycles. The molecule has 1 N–H and O–H groups in total. The fourth-order valence-corrected chi connectivity index (χ4v) is 6.91. The maximum Gasteiger partial charge on any atom is 0.295 e. The third-order valence-corrected chi connectivity index (χ3v) is 8.44. The summed E-state index contributed by atoms with van der Waals surface area (Å²) in [4.78, 5) is 4.17. The van der Waals surface area contributed by atoms with Gasteiger partial charge in [-0.3, -0.25) is 9.54 Å². The molecule has 4 aromatic rings. The number of pyridine rings is 1. The molecule has 0 fully saturated rings. The molecular formula is C31H37NO3PPdS-. The predicted molar refractivity (Wildman–Crippen MR) is 158 cm³/mol. The van der Waals surface area contributed by atoms with Crippen molar-refractivity contribution >= 4 is 24.0 Å². The van der Waals surface area contributed by atoms with Crippen molar-refractivity contribution in [2.24, 2.45) is 0 Å². The molecule has 0 bridgehead atoms. The van der Waals surface area contributed by atoms with Crippen LogP contribution in [0.15, 0.2) is 83.8 Å². The molecule has 7 heteroatoms. The van der Waals surface area contributed by atoms with Crippen LogP contribution in [0.2, 0.25) is 0 Å². The minimum absolute atomic E-state index is 0. The fraction of sp³-hybridized carbons (Fsp3) is 0.226. The molecule has 0 saturated heterocycles. The Hall–Kier alpha value is -2.19. The first-order valence-electron chi connectivity index (χ1n) is 11.8.